The number of pyridine rings is 2. The number of fused-ring (bicyclic) bond motifs is 2. The highest BCUT2D eigenvalue weighted by molar-refractivity contribution is 5.90. The molecule has 1 aliphatic carbocycles. The Morgan fingerprint density at radius 1 is 0.848 bits per heavy atom. The number of imidazole rings is 1. The number of halogens is 1. The van der Waals surface area contributed by atoms with Gasteiger partial charge >= 0.3 is 0 Å². The van der Waals surface area contributed by atoms with Crippen molar-refractivity contribution in [3.8, 4) is 22.8 Å². The summed E-state index contributed by atoms with van der Waals surface area (Å²) in [6, 6.07) is 14.3. The number of hydrogen-bond acceptors (Lipinski definition) is 4. The highest BCUT2D eigenvalue weighted by Gasteiger charge is 2.22. The minimum atomic E-state index is -0.262. The van der Waals surface area contributed by atoms with Crippen LogP contribution in [-0.2, 0) is 6.42 Å². The summed E-state index contributed by atoms with van der Waals surface area (Å²) in [6.07, 6.45) is 8.36. The molecule has 160 valence electrons. The Bertz CT molecular complexity index is 1540. The van der Waals surface area contributed by atoms with Gasteiger partial charge in [-0.3, -0.25) is 10.1 Å². The van der Waals surface area contributed by atoms with E-state index in [0.717, 1.165) is 51.2 Å². The smallest absolute Gasteiger partial charge is 0.161 e. The van der Waals surface area contributed by atoms with E-state index in [-0.39, 0.29) is 5.82 Å². The van der Waals surface area contributed by atoms with Crippen molar-refractivity contribution in [2.75, 3.05) is 0 Å². The van der Waals surface area contributed by atoms with Crippen LogP contribution < -0.4 is 0 Å². The van der Waals surface area contributed by atoms with Crippen molar-refractivity contribution in [3.05, 3.63) is 101 Å². The Hall–Kier alpha value is -4.39. The number of nitrogens with zero attached hydrogens (tertiary/aromatic N) is 4. The second-order valence-corrected chi connectivity index (χ2v) is 8.09. The van der Waals surface area contributed by atoms with E-state index in [0.29, 0.717) is 11.5 Å². The molecular weight excluding hydrogens is 415 g/mol. The monoisotopic (exact) mass is 434 g/mol. The van der Waals surface area contributed by atoms with E-state index in [1.54, 1.807) is 24.5 Å². The second-order valence-electron chi connectivity index (χ2n) is 8.09. The van der Waals surface area contributed by atoms with Gasteiger partial charge in [-0.05, 0) is 48.9 Å². The minimum Gasteiger partial charge on any atom is -0.340 e. The van der Waals surface area contributed by atoms with E-state index in [1.165, 1.54) is 17.7 Å². The largest absolute Gasteiger partial charge is 0.340 e. The Labute approximate surface area is 189 Å². The number of nitrogens with one attached hydrogen (secondary N) is 2. The van der Waals surface area contributed by atoms with Crippen molar-refractivity contribution < 1.29 is 4.39 Å². The first-order chi connectivity index (χ1) is 16.2. The van der Waals surface area contributed by atoms with Gasteiger partial charge in [0.25, 0.3) is 0 Å². The van der Waals surface area contributed by atoms with E-state index < -0.39 is 0 Å². The number of benzene rings is 1. The van der Waals surface area contributed by atoms with Crippen LogP contribution in [0, 0.1) is 5.82 Å². The summed E-state index contributed by atoms with van der Waals surface area (Å²) in [4.78, 5) is 17.4. The molecule has 0 amide bonds. The summed E-state index contributed by atoms with van der Waals surface area (Å²) in [5.74, 6) is 0.384. The Balaban J connectivity index is 1.48. The lowest BCUT2D eigenvalue weighted by molar-refractivity contribution is 0.627. The lowest BCUT2D eigenvalue weighted by Crippen LogP contribution is -1.93. The lowest BCUT2D eigenvalue weighted by Gasteiger charge is -2.05. The van der Waals surface area contributed by atoms with Crippen molar-refractivity contribution in [2.45, 2.75) is 13.3 Å². The van der Waals surface area contributed by atoms with Crippen LogP contribution >= 0.6 is 0 Å². The average Bonchev–Trinajstić information content (AvgIpc) is 3.41. The van der Waals surface area contributed by atoms with E-state index in [4.69, 9.17) is 9.97 Å². The standard InChI is InChI=1S/C26H19FN6/c1-15-2-7-19(16-3-5-18(27)6-4-16)23-22(14-15)30-26(31-23)25-24-21(32-33-25)9-8-20(29-24)17-10-12-28-13-11-17/h2-13H,14H2,1H3,(H,30,31)(H,32,33). The van der Waals surface area contributed by atoms with Crippen molar-refractivity contribution in [1.29, 1.82) is 0 Å². The molecule has 33 heavy (non-hydrogen) atoms. The van der Waals surface area contributed by atoms with Crippen molar-refractivity contribution >= 4 is 16.6 Å². The van der Waals surface area contributed by atoms with Gasteiger partial charge in [0.05, 0.1) is 16.9 Å². The molecule has 6 nitrogen and oxygen atoms in total. The zero-order valence-corrected chi connectivity index (χ0v) is 17.8. The first-order valence-corrected chi connectivity index (χ1v) is 10.6. The first kappa shape index (κ1) is 19.3. The molecule has 0 spiro atoms. The van der Waals surface area contributed by atoms with Gasteiger partial charge in [0.15, 0.2) is 11.5 Å². The van der Waals surface area contributed by atoms with Gasteiger partial charge in [-0.25, -0.2) is 14.4 Å². The van der Waals surface area contributed by atoms with Crippen LogP contribution in [0.4, 0.5) is 4.39 Å². The zero-order valence-electron chi connectivity index (χ0n) is 17.8. The van der Waals surface area contributed by atoms with Crippen molar-refractivity contribution in [1.82, 2.24) is 30.1 Å². The number of rotatable bonds is 3. The Kier molecular flexibility index (Phi) is 4.47. The average molecular weight is 434 g/mol. The molecule has 1 aliphatic rings. The molecule has 4 aromatic heterocycles. The summed E-state index contributed by atoms with van der Waals surface area (Å²) in [6.45, 7) is 2.08. The molecule has 6 rings (SSSR count). The van der Waals surface area contributed by atoms with Gasteiger partial charge < -0.3 is 4.98 Å². The van der Waals surface area contributed by atoms with Gasteiger partial charge in [0, 0.05) is 35.6 Å². The van der Waals surface area contributed by atoms with Crippen LogP contribution in [0.1, 0.15) is 23.9 Å². The van der Waals surface area contributed by atoms with Crippen LogP contribution in [0.5, 0.6) is 0 Å². The SMILES string of the molecule is CC1=CC=C(c2ccc(F)cc2)c2nc(-c3n[nH]c4ccc(-c5ccncc5)nc34)[nH]c2C1. The van der Waals surface area contributed by atoms with E-state index in [1.807, 2.05) is 30.3 Å². The van der Waals surface area contributed by atoms with Crippen molar-refractivity contribution in [3.63, 3.8) is 0 Å². The normalized spacial score (nSPS) is 13.4. The van der Waals surface area contributed by atoms with Gasteiger partial charge in [-0.2, -0.15) is 5.10 Å². The van der Waals surface area contributed by atoms with Crippen LogP contribution in [0.2, 0.25) is 0 Å². The summed E-state index contributed by atoms with van der Waals surface area (Å²) < 4.78 is 13.5. The number of hydrogen-bond donors (Lipinski definition) is 2. The third-order valence-corrected chi connectivity index (χ3v) is 5.79. The van der Waals surface area contributed by atoms with Gasteiger partial charge in [-0.15, -0.1) is 0 Å². The van der Waals surface area contributed by atoms with E-state index in [9.17, 15) is 4.39 Å². The molecule has 0 saturated heterocycles. The molecule has 0 radical (unpaired) electrons. The highest BCUT2D eigenvalue weighted by Crippen LogP contribution is 2.33. The quantitative estimate of drug-likeness (QED) is 0.394. The minimum absolute atomic E-state index is 0.262. The molecule has 0 fully saturated rings. The predicted octanol–water partition coefficient (Wildman–Crippen LogP) is 5.48. The van der Waals surface area contributed by atoms with Gasteiger partial charge in [0.2, 0.25) is 0 Å². The molecule has 7 heteroatoms. The fourth-order valence-corrected chi connectivity index (χ4v) is 4.12. The molecule has 2 N–H and O–H groups in total. The fraction of sp³-hybridized carbons (Fsp3) is 0.0769. The molecule has 4 heterocycles. The summed E-state index contributed by atoms with van der Waals surface area (Å²) in [5.41, 5.74) is 8.94. The Morgan fingerprint density at radius 2 is 1.67 bits per heavy atom. The molecule has 1 aromatic carbocycles. The summed E-state index contributed by atoms with van der Waals surface area (Å²) >= 11 is 0. The third kappa shape index (κ3) is 3.43. The maximum Gasteiger partial charge on any atom is 0.161 e. The van der Waals surface area contributed by atoms with Crippen LogP contribution in [-0.4, -0.2) is 30.1 Å². The first-order valence-electron chi connectivity index (χ1n) is 10.6. The fourth-order valence-electron chi connectivity index (χ4n) is 4.12. The number of aromatic nitrogens is 6. The van der Waals surface area contributed by atoms with Gasteiger partial charge in [-0.1, -0.05) is 29.9 Å². The maximum absolute atomic E-state index is 13.5. The zero-order chi connectivity index (χ0) is 22.4. The summed E-state index contributed by atoms with van der Waals surface area (Å²) in [7, 11) is 0. The van der Waals surface area contributed by atoms with Crippen LogP contribution in [0.25, 0.3) is 39.4 Å². The van der Waals surface area contributed by atoms with E-state index in [2.05, 4.69) is 33.2 Å². The molecule has 0 aliphatic heterocycles. The van der Waals surface area contributed by atoms with Crippen LogP contribution in [0.3, 0.4) is 0 Å². The molecule has 0 unspecified atom stereocenters. The topological polar surface area (TPSA) is 83.1 Å². The molecular formula is C26H19FN6. The molecule has 0 saturated carbocycles. The Morgan fingerprint density at radius 3 is 2.48 bits per heavy atom. The lowest BCUT2D eigenvalue weighted by atomic mass is 10.0. The third-order valence-electron chi connectivity index (χ3n) is 5.79. The number of allylic oxidation sites excluding steroid dienone is 3. The highest BCUT2D eigenvalue weighted by atomic mass is 19.1. The maximum atomic E-state index is 13.5. The number of aromatic amines is 2. The molecule has 0 bridgehead atoms. The summed E-state index contributed by atoms with van der Waals surface area (Å²) in [5, 5.41) is 7.58. The second kappa shape index (κ2) is 7.63. The van der Waals surface area contributed by atoms with Crippen LogP contribution in [0.15, 0.2) is 78.6 Å². The molecule has 5 aromatic rings. The van der Waals surface area contributed by atoms with Crippen molar-refractivity contribution in [2.24, 2.45) is 0 Å². The predicted molar refractivity (Wildman–Crippen MR) is 126 cm³/mol. The van der Waals surface area contributed by atoms with Gasteiger partial charge in [0.1, 0.15) is 11.3 Å². The molecule has 0 atom stereocenters. The number of H-pyrrole nitrogens is 2. The van der Waals surface area contributed by atoms with E-state index >= 15 is 0 Å².